The van der Waals surface area contributed by atoms with Gasteiger partial charge in [0.25, 0.3) is 0 Å². The molecule has 4 heterocycles. The SMILES string of the molecule is Cc1nc(-c2cnn(C)c2C(=O)CC2CCn3nc(-c4ccccc4)nc3C2)sc1C. The van der Waals surface area contributed by atoms with Crippen LogP contribution >= 0.6 is 11.3 Å². The minimum Gasteiger partial charge on any atom is -0.292 e. The quantitative estimate of drug-likeness (QED) is 0.441. The fourth-order valence-electron chi connectivity index (χ4n) is 4.12. The topological polar surface area (TPSA) is 78.5 Å². The average molecular weight is 433 g/mol. The predicted octanol–water partition coefficient (Wildman–Crippen LogP) is 4.25. The lowest BCUT2D eigenvalue weighted by atomic mass is 9.91. The van der Waals surface area contributed by atoms with E-state index in [1.165, 1.54) is 0 Å². The van der Waals surface area contributed by atoms with E-state index in [1.807, 2.05) is 49.0 Å². The fraction of sp³-hybridized carbons (Fsp3) is 0.348. The van der Waals surface area contributed by atoms with Gasteiger partial charge in [-0.1, -0.05) is 30.3 Å². The molecule has 0 bridgehead atoms. The van der Waals surface area contributed by atoms with Gasteiger partial charge in [0.05, 0.1) is 17.5 Å². The summed E-state index contributed by atoms with van der Waals surface area (Å²) in [5, 5.41) is 9.88. The molecule has 0 amide bonds. The first-order valence-corrected chi connectivity index (χ1v) is 11.3. The van der Waals surface area contributed by atoms with Gasteiger partial charge in [0.15, 0.2) is 11.6 Å². The van der Waals surface area contributed by atoms with Crippen molar-refractivity contribution in [2.24, 2.45) is 13.0 Å². The smallest absolute Gasteiger partial charge is 0.181 e. The molecule has 1 aliphatic rings. The van der Waals surface area contributed by atoms with E-state index in [0.29, 0.717) is 12.1 Å². The number of ketones is 1. The Labute approximate surface area is 184 Å². The Morgan fingerprint density at radius 1 is 1.19 bits per heavy atom. The minimum atomic E-state index is 0.113. The summed E-state index contributed by atoms with van der Waals surface area (Å²) in [6.45, 7) is 4.83. The number of thiazole rings is 1. The first-order chi connectivity index (χ1) is 15.0. The first-order valence-electron chi connectivity index (χ1n) is 10.5. The zero-order valence-electron chi connectivity index (χ0n) is 17.9. The molecule has 7 nitrogen and oxygen atoms in total. The van der Waals surface area contributed by atoms with Crippen LogP contribution in [0.2, 0.25) is 0 Å². The van der Waals surface area contributed by atoms with Gasteiger partial charge in [-0.3, -0.25) is 9.48 Å². The molecule has 0 N–H and O–H groups in total. The number of fused-ring (bicyclic) bond motifs is 1. The number of benzene rings is 1. The number of carbonyl (C=O) groups excluding carboxylic acids is 1. The van der Waals surface area contributed by atoms with Crippen LogP contribution in [0.3, 0.4) is 0 Å². The monoisotopic (exact) mass is 432 g/mol. The maximum atomic E-state index is 13.3. The second-order valence-electron chi connectivity index (χ2n) is 8.12. The molecule has 158 valence electrons. The molecule has 0 aliphatic carbocycles. The highest BCUT2D eigenvalue weighted by Crippen LogP contribution is 2.32. The number of aromatic nitrogens is 6. The van der Waals surface area contributed by atoms with Crippen LogP contribution < -0.4 is 0 Å². The molecule has 0 radical (unpaired) electrons. The number of hydrogen-bond acceptors (Lipinski definition) is 6. The third-order valence-electron chi connectivity index (χ3n) is 5.94. The highest BCUT2D eigenvalue weighted by molar-refractivity contribution is 7.15. The van der Waals surface area contributed by atoms with E-state index in [4.69, 9.17) is 4.98 Å². The van der Waals surface area contributed by atoms with E-state index >= 15 is 0 Å². The van der Waals surface area contributed by atoms with Gasteiger partial charge >= 0.3 is 0 Å². The van der Waals surface area contributed by atoms with Gasteiger partial charge in [0, 0.05) is 36.9 Å². The van der Waals surface area contributed by atoms with Gasteiger partial charge in [-0.25, -0.2) is 14.6 Å². The Bertz CT molecular complexity index is 1230. The number of carbonyl (C=O) groups is 1. The van der Waals surface area contributed by atoms with Gasteiger partial charge in [-0.15, -0.1) is 11.3 Å². The molecule has 1 unspecified atom stereocenters. The number of rotatable bonds is 5. The Morgan fingerprint density at radius 2 is 2.00 bits per heavy atom. The van der Waals surface area contributed by atoms with E-state index in [9.17, 15) is 4.79 Å². The van der Waals surface area contributed by atoms with E-state index in [-0.39, 0.29) is 11.7 Å². The largest absolute Gasteiger partial charge is 0.292 e. The Balaban J connectivity index is 1.35. The summed E-state index contributed by atoms with van der Waals surface area (Å²) in [5.74, 6) is 2.07. The lowest BCUT2D eigenvalue weighted by molar-refractivity contribution is 0.0944. The van der Waals surface area contributed by atoms with Crippen LogP contribution in [0.4, 0.5) is 0 Å². The Kier molecular flexibility index (Phi) is 5.02. The highest BCUT2D eigenvalue weighted by atomic mass is 32.1. The van der Waals surface area contributed by atoms with Crippen LogP contribution in [0.25, 0.3) is 22.0 Å². The fourth-order valence-corrected chi connectivity index (χ4v) is 5.05. The Hall–Kier alpha value is -3.13. The molecule has 0 fully saturated rings. The molecule has 0 saturated heterocycles. The van der Waals surface area contributed by atoms with Crippen molar-refractivity contribution in [1.82, 2.24) is 29.5 Å². The summed E-state index contributed by atoms with van der Waals surface area (Å²) in [5.41, 5.74) is 3.50. The molecule has 0 spiro atoms. The second-order valence-corrected chi connectivity index (χ2v) is 9.32. The van der Waals surface area contributed by atoms with Crippen molar-refractivity contribution in [2.75, 3.05) is 0 Å². The van der Waals surface area contributed by atoms with Crippen LogP contribution in [0.1, 0.15) is 39.7 Å². The van der Waals surface area contributed by atoms with Gasteiger partial charge < -0.3 is 0 Å². The third kappa shape index (κ3) is 3.72. The van der Waals surface area contributed by atoms with Gasteiger partial charge in [0.1, 0.15) is 16.5 Å². The summed E-state index contributed by atoms with van der Waals surface area (Å²) in [7, 11) is 1.83. The van der Waals surface area contributed by atoms with E-state index in [1.54, 1.807) is 22.2 Å². The summed E-state index contributed by atoms with van der Waals surface area (Å²) >= 11 is 1.61. The van der Waals surface area contributed by atoms with Crippen LogP contribution in [0.15, 0.2) is 36.5 Å². The minimum absolute atomic E-state index is 0.113. The molecule has 0 saturated carbocycles. The molecule has 5 rings (SSSR count). The van der Waals surface area contributed by atoms with E-state index < -0.39 is 0 Å². The number of hydrogen-bond donors (Lipinski definition) is 0. The summed E-state index contributed by atoms with van der Waals surface area (Å²) in [4.78, 5) is 23.8. The van der Waals surface area contributed by atoms with Gasteiger partial charge in [0.2, 0.25) is 0 Å². The van der Waals surface area contributed by atoms with Crippen molar-refractivity contribution < 1.29 is 4.79 Å². The number of Topliss-reactive ketones (excluding diaryl/α,β-unsaturated/α-hetero) is 1. The zero-order valence-corrected chi connectivity index (χ0v) is 18.7. The Morgan fingerprint density at radius 3 is 2.74 bits per heavy atom. The van der Waals surface area contributed by atoms with E-state index in [0.717, 1.165) is 57.7 Å². The van der Waals surface area contributed by atoms with Crippen molar-refractivity contribution >= 4 is 17.1 Å². The zero-order chi connectivity index (χ0) is 21.5. The van der Waals surface area contributed by atoms with Gasteiger partial charge in [-0.2, -0.15) is 10.2 Å². The van der Waals surface area contributed by atoms with Crippen molar-refractivity contribution in [3.8, 4) is 22.0 Å². The van der Waals surface area contributed by atoms with Crippen molar-refractivity contribution in [1.29, 1.82) is 0 Å². The maximum absolute atomic E-state index is 13.3. The first kappa shape index (κ1) is 19.8. The summed E-state index contributed by atoms with van der Waals surface area (Å²) < 4.78 is 3.67. The standard InChI is InChI=1S/C23H24N6OS/c1-14-15(2)31-23(25-14)18-13-24-28(3)21(18)19(30)11-16-9-10-29-20(12-16)26-22(27-29)17-7-5-4-6-8-17/h4-8,13,16H,9-12H2,1-3H3. The molecule has 1 aromatic carbocycles. The molecule has 3 aromatic heterocycles. The number of nitrogens with zero attached hydrogens (tertiary/aromatic N) is 6. The van der Waals surface area contributed by atoms with Crippen molar-refractivity contribution in [3.05, 3.63) is 58.6 Å². The van der Waals surface area contributed by atoms with Crippen LogP contribution in [-0.4, -0.2) is 35.3 Å². The molecule has 1 aliphatic heterocycles. The normalized spacial score (nSPS) is 15.8. The van der Waals surface area contributed by atoms with Crippen LogP contribution in [-0.2, 0) is 20.0 Å². The lowest BCUT2D eigenvalue weighted by Crippen LogP contribution is -2.23. The average Bonchev–Trinajstić information content (AvgIpc) is 3.45. The lowest BCUT2D eigenvalue weighted by Gasteiger charge is -2.21. The summed E-state index contributed by atoms with van der Waals surface area (Å²) in [6.07, 6.45) is 3.91. The molecule has 1 atom stereocenters. The van der Waals surface area contributed by atoms with Gasteiger partial charge in [-0.05, 0) is 26.2 Å². The molecule has 31 heavy (non-hydrogen) atoms. The molecular weight excluding hydrogens is 408 g/mol. The number of aryl methyl sites for hydroxylation is 4. The predicted molar refractivity (Wildman–Crippen MR) is 120 cm³/mol. The second kappa shape index (κ2) is 7.85. The maximum Gasteiger partial charge on any atom is 0.181 e. The molecule has 4 aromatic rings. The molecule has 8 heteroatoms. The van der Waals surface area contributed by atoms with Crippen LogP contribution in [0.5, 0.6) is 0 Å². The molecular formula is C23H24N6OS. The van der Waals surface area contributed by atoms with Crippen molar-refractivity contribution in [3.63, 3.8) is 0 Å². The van der Waals surface area contributed by atoms with E-state index in [2.05, 4.69) is 22.1 Å². The van der Waals surface area contributed by atoms with Crippen molar-refractivity contribution in [2.45, 2.75) is 39.7 Å². The van der Waals surface area contributed by atoms with Crippen LogP contribution in [0, 0.1) is 19.8 Å². The summed E-state index contributed by atoms with van der Waals surface area (Å²) in [6, 6.07) is 10.0. The third-order valence-corrected chi connectivity index (χ3v) is 7.04. The highest BCUT2D eigenvalue weighted by Gasteiger charge is 2.27.